The Bertz CT molecular complexity index is 708. The molecule has 0 radical (unpaired) electrons. The number of nitrogens with two attached hydrogens (primary N) is 1. The number of nitrogens with zero attached hydrogens (tertiary/aromatic N) is 2. The van der Waals surface area contributed by atoms with Gasteiger partial charge in [-0.05, 0) is 42.0 Å². The summed E-state index contributed by atoms with van der Waals surface area (Å²) in [6.07, 6.45) is 0. The van der Waals surface area contributed by atoms with Crippen LogP contribution in [0.3, 0.4) is 0 Å². The van der Waals surface area contributed by atoms with Crippen LogP contribution in [0, 0.1) is 0 Å². The van der Waals surface area contributed by atoms with E-state index in [2.05, 4.69) is 10.2 Å². The topological polar surface area (TPSA) is 105 Å². The Morgan fingerprint density at radius 2 is 1.35 bits per heavy atom. The van der Waals surface area contributed by atoms with Gasteiger partial charge in [0.15, 0.2) is 0 Å². The highest BCUT2D eigenvalue weighted by atomic mass is 32.2. The van der Waals surface area contributed by atoms with E-state index in [1.807, 2.05) is 0 Å². The molecule has 0 aromatic heterocycles. The number of nitrogen functional groups attached to an aromatic ring is 1. The molecule has 2 aromatic carbocycles. The molecule has 104 valence electrons. The largest absolute Gasteiger partial charge is 0.399 e. The van der Waals surface area contributed by atoms with E-state index in [-0.39, 0.29) is 0 Å². The minimum absolute atomic E-state index is 0.414. The number of anilines is 1. The van der Waals surface area contributed by atoms with Gasteiger partial charge in [-0.1, -0.05) is 12.1 Å². The standard InChI is InChI=1S/C13H13N3O3S/c14-11-3-7-13(8-4-11)16-15-12-5-1-10(2-6-12)9-20(17,18)19/h1-8H,9,14H2,(H,17,18,19). The van der Waals surface area contributed by atoms with Gasteiger partial charge in [0.1, 0.15) is 5.75 Å². The second kappa shape index (κ2) is 5.81. The summed E-state index contributed by atoms with van der Waals surface area (Å²) >= 11 is 0. The molecule has 0 saturated heterocycles. The van der Waals surface area contributed by atoms with E-state index >= 15 is 0 Å². The quantitative estimate of drug-likeness (QED) is 0.513. The lowest BCUT2D eigenvalue weighted by molar-refractivity contribution is 0.482. The summed E-state index contributed by atoms with van der Waals surface area (Å²) in [5.74, 6) is -0.414. The number of azo groups is 1. The fourth-order valence-corrected chi connectivity index (χ4v) is 2.14. The molecule has 0 saturated carbocycles. The smallest absolute Gasteiger partial charge is 0.269 e. The van der Waals surface area contributed by atoms with Crippen molar-refractivity contribution in [3.05, 3.63) is 54.1 Å². The first kappa shape index (κ1) is 14.2. The summed E-state index contributed by atoms with van der Waals surface area (Å²) in [6.45, 7) is 0. The zero-order chi connectivity index (χ0) is 14.6. The Morgan fingerprint density at radius 3 is 1.80 bits per heavy atom. The zero-order valence-corrected chi connectivity index (χ0v) is 11.3. The minimum atomic E-state index is -4.02. The molecular weight excluding hydrogens is 278 g/mol. The molecule has 2 aromatic rings. The van der Waals surface area contributed by atoms with Gasteiger partial charge in [-0.15, -0.1) is 0 Å². The molecule has 6 nitrogen and oxygen atoms in total. The molecule has 0 amide bonds. The fourth-order valence-electron chi connectivity index (χ4n) is 1.53. The van der Waals surface area contributed by atoms with Gasteiger partial charge in [-0.3, -0.25) is 4.55 Å². The van der Waals surface area contributed by atoms with Crippen LogP contribution >= 0.6 is 0 Å². The van der Waals surface area contributed by atoms with Crippen LogP contribution in [-0.4, -0.2) is 13.0 Å². The van der Waals surface area contributed by atoms with E-state index in [0.29, 0.717) is 22.6 Å². The Morgan fingerprint density at radius 1 is 0.900 bits per heavy atom. The summed E-state index contributed by atoms with van der Waals surface area (Å²) in [7, 11) is -4.02. The summed E-state index contributed by atoms with van der Waals surface area (Å²) in [5.41, 5.74) is 7.95. The van der Waals surface area contributed by atoms with Crippen LogP contribution in [0.1, 0.15) is 5.56 Å². The van der Waals surface area contributed by atoms with Crippen molar-refractivity contribution in [2.24, 2.45) is 10.2 Å². The average Bonchev–Trinajstić information content (AvgIpc) is 2.38. The van der Waals surface area contributed by atoms with E-state index in [1.165, 1.54) is 0 Å². The van der Waals surface area contributed by atoms with Crippen molar-refractivity contribution in [1.29, 1.82) is 0 Å². The molecule has 0 aliphatic heterocycles. The number of benzene rings is 2. The Labute approximate surface area is 116 Å². The Hall–Kier alpha value is -2.25. The van der Waals surface area contributed by atoms with Crippen molar-refractivity contribution in [2.45, 2.75) is 5.75 Å². The molecule has 0 bridgehead atoms. The number of hydrogen-bond donors (Lipinski definition) is 2. The van der Waals surface area contributed by atoms with Crippen LogP contribution < -0.4 is 5.73 Å². The lowest BCUT2D eigenvalue weighted by atomic mass is 10.2. The van der Waals surface area contributed by atoms with Crippen molar-refractivity contribution in [2.75, 3.05) is 5.73 Å². The van der Waals surface area contributed by atoms with Crippen LogP contribution in [0.5, 0.6) is 0 Å². The highest BCUT2D eigenvalue weighted by Gasteiger charge is 2.05. The first-order valence-corrected chi connectivity index (χ1v) is 7.35. The minimum Gasteiger partial charge on any atom is -0.399 e. The Kier molecular flexibility index (Phi) is 4.11. The van der Waals surface area contributed by atoms with Crippen molar-refractivity contribution in [3.8, 4) is 0 Å². The molecule has 20 heavy (non-hydrogen) atoms. The molecule has 2 rings (SSSR count). The molecule has 0 heterocycles. The molecule has 0 spiro atoms. The summed E-state index contributed by atoms with van der Waals surface area (Å²) < 4.78 is 30.2. The van der Waals surface area contributed by atoms with Crippen LogP contribution in [0.25, 0.3) is 0 Å². The molecule has 0 unspecified atom stereocenters. The Balaban J connectivity index is 2.09. The van der Waals surface area contributed by atoms with Crippen molar-refractivity contribution in [3.63, 3.8) is 0 Å². The molecule has 0 aliphatic rings. The maximum absolute atomic E-state index is 10.7. The maximum Gasteiger partial charge on any atom is 0.269 e. The highest BCUT2D eigenvalue weighted by Crippen LogP contribution is 2.20. The van der Waals surface area contributed by atoms with Gasteiger partial charge in [-0.2, -0.15) is 18.6 Å². The summed E-state index contributed by atoms with van der Waals surface area (Å²) in [4.78, 5) is 0. The van der Waals surface area contributed by atoms with Crippen LogP contribution in [0.15, 0.2) is 58.8 Å². The second-order valence-corrected chi connectivity index (χ2v) is 5.64. The normalized spacial score (nSPS) is 11.8. The number of hydrogen-bond acceptors (Lipinski definition) is 5. The van der Waals surface area contributed by atoms with Gasteiger partial charge in [0.25, 0.3) is 10.1 Å². The van der Waals surface area contributed by atoms with Crippen LogP contribution in [0.4, 0.5) is 17.1 Å². The summed E-state index contributed by atoms with van der Waals surface area (Å²) in [6, 6.07) is 13.3. The van der Waals surface area contributed by atoms with Gasteiger partial charge < -0.3 is 5.73 Å². The van der Waals surface area contributed by atoms with E-state index in [9.17, 15) is 8.42 Å². The van der Waals surface area contributed by atoms with Gasteiger partial charge >= 0.3 is 0 Å². The van der Waals surface area contributed by atoms with Gasteiger partial charge in [-0.25, -0.2) is 0 Å². The molecular formula is C13H13N3O3S. The average molecular weight is 291 g/mol. The SMILES string of the molecule is Nc1ccc(N=Nc2ccc(CS(=O)(=O)O)cc2)cc1. The second-order valence-electron chi connectivity index (χ2n) is 4.18. The third kappa shape index (κ3) is 4.45. The predicted molar refractivity (Wildman–Crippen MR) is 76.7 cm³/mol. The number of rotatable bonds is 4. The fraction of sp³-hybridized carbons (Fsp3) is 0.0769. The first-order chi connectivity index (χ1) is 9.42. The van der Waals surface area contributed by atoms with Crippen LogP contribution in [-0.2, 0) is 15.9 Å². The van der Waals surface area contributed by atoms with E-state index in [1.54, 1.807) is 48.5 Å². The zero-order valence-electron chi connectivity index (χ0n) is 10.5. The van der Waals surface area contributed by atoms with Gasteiger partial charge in [0.05, 0.1) is 11.4 Å². The predicted octanol–water partition coefficient (Wildman–Crippen LogP) is 3.07. The van der Waals surface area contributed by atoms with E-state index in [4.69, 9.17) is 10.3 Å². The molecule has 0 fully saturated rings. The lowest BCUT2D eigenvalue weighted by Gasteiger charge is -1.99. The highest BCUT2D eigenvalue weighted by molar-refractivity contribution is 7.85. The van der Waals surface area contributed by atoms with E-state index < -0.39 is 15.9 Å². The van der Waals surface area contributed by atoms with Crippen molar-refractivity contribution in [1.82, 2.24) is 0 Å². The van der Waals surface area contributed by atoms with Gasteiger partial charge in [0, 0.05) is 5.69 Å². The lowest BCUT2D eigenvalue weighted by Crippen LogP contribution is -2.00. The third-order valence-electron chi connectivity index (χ3n) is 2.46. The van der Waals surface area contributed by atoms with Crippen molar-refractivity contribution >= 4 is 27.2 Å². The molecule has 3 N–H and O–H groups in total. The first-order valence-electron chi connectivity index (χ1n) is 5.74. The summed E-state index contributed by atoms with van der Waals surface area (Å²) in [5, 5.41) is 8.04. The monoisotopic (exact) mass is 291 g/mol. The third-order valence-corrected chi connectivity index (χ3v) is 3.16. The van der Waals surface area contributed by atoms with Crippen molar-refractivity contribution < 1.29 is 13.0 Å². The molecule has 0 aliphatic carbocycles. The van der Waals surface area contributed by atoms with Crippen LogP contribution in [0.2, 0.25) is 0 Å². The molecule has 0 atom stereocenters. The maximum atomic E-state index is 10.7. The van der Waals surface area contributed by atoms with E-state index in [0.717, 1.165) is 0 Å². The molecule has 7 heteroatoms. The van der Waals surface area contributed by atoms with Gasteiger partial charge in [0.2, 0.25) is 0 Å².